The molecule has 0 bridgehead atoms. The van der Waals surface area contributed by atoms with Gasteiger partial charge in [0.25, 0.3) is 0 Å². The molecule has 0 saturated heterocycles. The molecule has 0 unspecified atom stereocenters. The lowest BCUT2D eigenvalue weighted by Gasteiger charge is -2.29. The summed E-state index contributed by atoms with van der Waals surface area (Å²) in [6.45, 7) is 1.82. The van der Waals surface area contributed by atoms with Gasteiger partial charge in [0.15, 0.2) is 0 Å². The van der Waals surface area contributed by atoms with Gasteiger partial charge in [0, 0.05) is 6.04 Å². The second-order valence-corrected chi connectivity index (χ2v) is 6.55. The van der Waals surface area contributed by atoms with Gasteiger partial charge in [0.2, 0.25) is 5.91 Å². The number of nitrogens with one attached hydrogen (secondary N) is 2. The molecule has 0 fully saturated rings. The van der Waals surface area contributed by atoms with Crippen molar-refractivity contribution < 1.29 is 9.18 Å². The fourth-order valence-electron chi connectivity index (χ4n) is 3.14. The molecule has 2 atom stereocenters. The Kier molecular flexibility index (Phi) is 5.17. The first kappa shape index (κ1) is 16.9. The minimum absolute atomic E-state index is 0.166. The van der Waals surface area contributed by atoms with E-state index in [9.17, 15) is 9.18 Å². The molecule has 3 rings (SSSR count). The Labute approximate surface area is 146 Å². The van der Waals surface area contributed by atoms with Crippen LogP contribution in [-0.2, 0) is 11.2 Å². The maximum Gasteiger partial charge on any atom is 0.241 e. The summed E-state index contributed by atoms with van der Waals surface area (Å²) in [6, 6.07) is 12.1. The van der Waals surface area contributed by atoms with Crippen LogP contribution in [0.5, 0.6) is 0 Å². The van der Waals surface area contributed by atoms with Gasteiger partial charge in [-0.05, 0) is 55.5 Å². The summed E-state index contributed by atoms with van der Waals surface area (Å²) >= 11 is 5.96. The van der Waals surface area contributed by atoms with Crippen molar-refractivity contribution in [3.05, 3.63) is 64.4 Å². The van der Waals surface area contributed by atoms with Gasteiger partial charge in [-0.25, -0.2) is 4.39 Å². The van der Waals surface area contributed by atoms with Gasteiger partial charge in [0.1, 0.15) is 5.82 Å². The van der Waals surface area contributed by atoms with Crippen LogP contribution in [0.3, 0.4) is 0 Å². The fourth-order valence-corrected chi connectivity index (χ4v) is 3.35. The number of carbonyl (C=O) groups is 1. The monoisotopic (exact) mass is 346 g/mol. The van der Waals surface area contributed by atoms with Crippen molar-refractivity contribution in [3.63, 3.8) is 0 Å². The Morgan fingerprint density at radius 1 is 1.29 bits per heavy atom. The SMILES string of the molecule is C[C@H](N[C@@H]1CCCc2ccccc21)C(=O)Nc1ccc(F)cc1Cl. The summed E-state index contributed by atoms with van der Waals surface area (Å²) in [6.07, 6.45) is 3.19. The van der Waals surface area contributed by atoms with E-state index in [2.05, 4.69) is 22.8 Å². The van der Waals surface area contributed by atoms with Gasteiger partial charge in [-0.1, -0.05) is 35.9 Å². The number of anilines is 1. The Morgan fingerprint density at radius 3 is 2.88 bits per heavy atom. The molecule has 126 valence electrons. The van der Waals surface area contributed by atoms with Crippen LogP contribution >= 0.6 is 11.6 Å². The van der Waals surface area contributed by atoms with E-state index in [1.54, 1.807) is 0 Å². The first-order chi connectivity index (χ1) is 11.5. The van der Waals surface area contributed by atoms with Gasteiger partial charge >= 0.3 is 0 Å². The minimum Gasteiger partial charge on any atom is -0.323 e. The Hall–Kier alpha value is -1.91. The quantitative estimate of drug-likeness (QED) is 0.857. The zero-order chi connectivity index (χ0) is 17.1. The average Bonchev–Trinajstić information content (AvgIpc) is 2.57. The molecule has 2 aromatic carbocycles. The summed E-state index contributed by atoms with van der Waals surface area (Å²) in [7, 11) is 0. The van der Waals surface area contributed by atoms with Crippen molar-refractivity contribution in [2.24, 2.45) is 0 Å². The predicted molar refractivity (Wildman–Crippen MR) is 94.8 cm³/mol. The first-order valence-corrected chi connectivity index (χ1v) is 8.52. The molecule has 2 aromatic rings. The molecule has 1 amide bonds. The van der Waals surface area contributed by atoms with E-state index >= 15 is 0 Å². The molecule has 0 aromatic heterocycles. The van der Waals surface area contributed by atoms with Crippen molar-refractivity contribution >= 4 is 23.2 Å². The molecule has 24 heavy (non-hydrogen) atoms. The second-order valence-electron chi connectivity index (χ2n) is 6.15. The maximum atomic E-state index is 13.1. The second kappa shape index (κ2) is 7.32. The lowest BCUT2D eigenvalue weighted by atomic mass is 9.87. The van der Waals surface area contributed by atoms with Gasteiger partial charge in [-0.2, -0.15) is 0 Å². The van der Waals surface area contributed by atoms with E-state index in [1.807, 2.05) is 19.1 Å². The van der Waals surface area contributed by atoms with E-state index < -0.39 is 5.82 Å². The maximum absolute atomic E-state index is 13.1. The fraction of sp³-hybridized carbons (Fsp3) is 0.316. The zero-order valence-corrected chi connectivity index (χ0v) is 14.2. The van der Waals surface area contributed by atoms with Crippen LogP contribution in [0, 0.1) is 5.82 Å². The van der Waals surface area contributed by atoms with Gasteiger partial charge < -0.3 is 5.32 Å². The van der Waals surface area contributed by atoms with Crippen LogP contribution in [0.25, 0.3) is 0 Å². The highest BCUT2D eigenvalue weighted by Gasteiger charge is 2.24. The summed E-state index contributed by atoms with van der Waals surface area (Å²) in [5, 5.41) is 6.34. The topological polar surface area (TPSA) is 41.1 Å². The van der Waals surface area contributed by atoms with Crippen LogP contribution < -0.4 is 10.6 Å². The standard InChI is InChI=1S/C19H20ClFN2O/c1-12(19(24)23-18-10-9-14(21)11-16(18)20)22-17-8-4-6-13-5-2-3-7-15(13)17/h2-3,5,7,9-12,17,22H,4,6,8H2,1H3,(H,23,24)/t12-,17+/m0/s1. The van der Waals surface area contributed by atoms with E-state index in [1.165, 1.54) is 29.3 Å². The molecule has 0 heterocycles. The largest absolute Gasteiger partial charge is 0.323 e. The number of fused-ring (bicyclic) bond motifs is 1. The number of hydrogen-bond acceptors (Lipinski definition) is 2. The average molecular weight is 347 g/mol. The molecule has 1 aliphatic rings. The predicted octanol–water partition coefficient (Wildman–Crippen LogP) is 4.47. The molecule has 2 N–H and O–H groups in total. The van der Waals surface area contributed by atoms with Crippen LogP contribution in [0.15, 0.2) is 42.5 Å². The normalized spacial score (nSPS) is 17.9. The summed E-state index contributed by atoms with van der Waals surface area (Å²) in [5.41, 5.74) is 3.03. The van der Waals surface area contributed by atoms with E-state index in [4.69, 9.17) is 11.6 Å². The Bertz CT molecular complexity index is 750. The highest BCUT2D eigenvalue weighted by atomic mass is 35.5. The smallest absolute Gasteiger partial charge is 0.241 e. The van der Waals surface area contributed by atoms with Crippen molar-refractivity contribution in [2.45, 2.75) is 38.3 Å². The molecular weight excluding hydrogens is 327 g/mol. The molecule has 0 saturated carbocycles. The lowest BCUT2D eigenvalue weighted by Crippen LogP contribution is -2.41. The third-order valence-electron chi connectivity index (χ3n) is 4.40. The van der Waals surface area contributed by atoms with Crippen molar-refractivity contribution in [3.8, 4) is 0 Å². The Morgan fingerprint density at radius 2 is 2.08 bits per heavy atom. The molecule has 0 aliphatic heterocycles. The summed E-state index contributed by atoms with van der Waals surface area (Å²) in [4.78, 5) is 12.4. The molecule has 0 radical (unpaired) electrons. The highest BCUT2D eigenvalue weighted by molar-refractivity contribution is 6.33. The van der Waals surface area contributed by atoms with Crippen LogP contribution in [0.1, 0.15) is 36.9 Å². The third-order valence-corrected chi connectivity index (χ3v) is 4.72. The number of rotatable bonds is 4. The number of hydrogen-bond donors (Lipinski definition) is 2. The third kappa shape index (κ3) is 3.77. The highest BCUT2D eigenvalue weighted by Crippen LogP contribution is 2.30. The van der Waals surface area contributed by atoms with Crippen LogP contribution in [0.2, 0.25) is 5.02 Å². The number of benzene rings is 2. The number of carbonyl (C=O) groups excluding carboxylic acids is 1. The van der Waals surface area contributed by atoms with E-state index in [0.29, 0.717) is 5.69 Å². The number of halogens is 2. The van der Waals surface area contributed by atoms with Crippen molar-refractivity contribution in [1.29, 1.82) is 0 Å². The van der Waals surface area contributed by atoms with Gasteiger partial charge in [0.05, 0.1) is 16.8 Å². The van der Waals surface area contributed by atoms with Gasteiger partial charge in [-0.3, -0.25) is 10.1 Å². The number of amides is 1. The van der Waals surface area contributed by atoms with Crippen molar-refractivity contribution in [2.75, 3.05) is 5.32 Å². The molecular formula is C19H20ClFN2O. The Balaban J connectivity index is 1.67. The molecule has 3 nitrogen and oxygen atoms in total. The van der Waals surface area contributed by atoms with E-state index in [0.717, 1.165) is 19.3 Å². The van der Waals surface area contributed by atoms with Crippen LogP contribution in [0.4, 0.5) is 10.1 Å². The first-order valence-electron chi connectivity index (χ1n) is 8.14. The number of aryl methyl sites for hydroxylation is 1. The molecule has 0 spiro atoms. The summed E-state index contributed by atoms with van der Waals surface area (Å²) in [5.74, 6) is -0.616. The lowest BCUT2D eigenvalue weighted by molar-refractivity contribution is -0.118. The molecule has 5 heteroatoms. The zero-order valence-electron chi connectivity index (χ0n) is 13.5. The minimum atomic E-state index is -0.428. The van der Waals surface area contributed by atoms with E-state index in [-0.39, 0.29) is 23.0 Å². The van der Waals surface area contributed by atoms with Gasteiger partial charge in [-0.15, -0.1) is 0 Å². The molecule has 1 aliphatic carbocycles. The van der Waals surface area contributed by atoms with Crippen molar-refractivity contribution in [1.82, 2.24) is 5.32 Å². The van der Waals surface area contributed by atoms with Crippen LogP contribution in [-0.4, -0.2) is 11.9 Å². The summed E-state index contributed by atoms with van der Waals surface area (Å²) < 4.78 is 13.1.